The summed E-state index contributed by atoms with van der Waals surface area (Å²) in [5.41, 5.74) is 0.580. The summed E-state index contributed by atoms with van der Waals surface area (Å²) in [6, 6.07) is 9.40. The largest absolute Gasteiger partial charge is 0.309 e. The van der Waals surface area contributed by atoms with Gasteiger partial charge in [-0.3, -0.25) is 4.79 Å². The van der Waals surface area contributed by atoms with Gasteiger partial charge in [0.1, 0.15) is 10.0 Å². The van der Waals surface area contributed by atoms with Crippen LogP contribution in [0.25, 0.3) is 10.8 Å². The van der Waals surface area contributed by atoms with Crippen LogP contribution in [0.3, 0.4) is 0 Å². The van der Waals surface area contributed by atoms with Crippen LogP contribution in [0.2, 0.25) is 4.34 Å². The number of nitrogens with zero attached hydrogens (tertiary/aromatic N) is 3. The summed E-state index contributed by atoms with van der Waals surface area (Å²) in [6.45, 7) is 0.346. The Balaban J connectivity index is 2.11. The van der Waals surface area contributed by atoms with Crippen LogP contribution in [0.4, 0.5) is 0 Å². The zero-order valence-electron chi connectivity index (χ0n) is 9.21. The molecule has 2 heterocycles. The molecule has 90 valence electrons. The molecule has 0 spiro atoms. The number of rotatable bonds is 2. The Labute approximate surface area is 112 Å². The quantitative estimate of drug-likeness (QED) is 0.723. The van der Waals surface area contributed by atoms with Crippen molar-refractivity contribution in [1.82, 2.24) is 14.2 Å². The molecule has 0 N–H and O–H groups in total. The van der Waals surface area contributed by atoms with Gasteiger partial charge in [-0.15, -0.1) is 5.10 Å². The number of aromatic nitrogens is 3. The van der Waals surface area contributed by atoms with E-state index in [1.807, 2.05) is 30.3 Å². The number of fused-ring (bicyclic) bond motifs is 1. The highest BCUT2D eigenvalue weighted by molar-refractivity contribution is 7.10. The molecule has 0 saturated carbocycles. The van der Waals surface area contributed by atoms with E-state index in [9.17, 15) is 4.79 Å². The number of hydrogen-bond donors (Lipinski definition) is 0. The first-order valence-electron chi connectivity index (χ1n) is 5.30. The van der Waals surface area contributed by atoms with Crippen LogP contribution in [-0.2, 0) is 6.54 Å². The van der Waals surface area contributed by atoms with Crippen LogP contribution >= 0.6 is 23.1 Å². The molecule has 4 nitrogen and oxygen atoms in total. The minimum absolute atomic E-state index is 0.0443. The average Bonchev–Trinajstić information content (AvgIpc) is 2.79. The van der Waals surface area contributed by atoms with Gasteiger partial charge in [-0.1, -0.05) is 34.3 Å². The van der Waals surface area contributed by atoms with Gasteiger partial charge in [-0.05, 0) is 17.5 Å². The fraction of sp³-hybridized carbons (Fsp3) is 0.0833. The molecule has 0 aliphatic heterocycles. The van der Waals surface area contributed by atoms with E-state index in [1.54, 1.807) is 10.8 Å². The van der Waals surface area contributed by atoms with Crippen LogP contribution < -0.4 is 5.56 Å². The van der Waals surface area contributed by atoms with E-state index in [4.69, 9.17) is 11.6 Å². The van der Waals surface area contributed by atoms with Gasteiger partial charge in [-0.2, -0.15) is 0 Å². The SMILES string of the molecule is O=c1c2ccccc2ccn1Cc1nnsc1Cl. The monoisotopic (exact) mass is 277 g/mol. The molecule has 6 heteroatoms. The molecule has 18 heavy (non-hydrogen) atoms. The zero-order chi connectivity index (χ0) is 12.5. The van der Waals surface area contributed by atoms with E-state index in [1.165, 1.54) is 0 Å². The summed E-state index contributed by atoms with van der Waals surface area (Å²) in [5.74, 6) is 0. The van der Waals surface area contributed by atoms with Gasteiger partial charge >= 0.3 is 0 Å². The molecule has 0 bridgehead atoms. The Kier molecular flexibility index (Phi) is 2.85. The lowest BCUT2D eigenvalue weighted by molar-refractivity contribution is 0.743. The number of hydrogen-bond acceptors (Lipinski definition) is 4. The van der Waals surface area contributed by atoms with Crippen molar-refractivity contribution in [2.75, 3.05) is 0 Å². The molecular weight excluding hydrogens is 270 g/mol. The number of halogens is 1. The molecule has 0 saturated heterocycles. The predicted molar refractivity (Wildman–Crippen MR) is 72.2 cm³/mol. The predicted octanol–water partition coefficient (Wildman–Crippen LogP) is 2.55. The maximum Gasteiger partial charge on any atom is 0.258 e. The van der Waals surface area contributed by atoms with E-state index in [0.29, 0.717) is 22.0 Å². The molecule has 1 aromatic carbocycles. The molecule has 0 fully saturated rings. The lowest BCUT2D eigenvalue weighted by Crippen LogP contribution is -2.20. The number of benzene rings is 1. The molecule has 0 atom stereocenters. The maximum absolute atomic E-state index is 12.2. The minimum Gasteiger partial charge on any atom is -0.309 e. The third-order valence-corrected chi connectivity index (χ3v) is 3.70. The summed E-state index contributed by atoms with van der Waals surface area (Å²) in [4.78, 5) is 12.2. The summed E-state index contributed by atoms with van der Waals surface area (Å²) in [5, 5.41) is 5.53. The van der Waals surface area contributed by atoms with Crippen molar-refractivity contribution in [3.63, 3.8) is 0 Å². The van der Waals surface area contributed by atoms with E-state index in [2.05, 4.69) is 9.59 Å². The lowest BCUT2D eigenvalue weighted by atomic mass is 10.2. The molecule has 0 aliphatic rings. The Morgan fingerprint density at radius 3 is 2.89 bits per heavy atom. The highest BCUT2D eigenvalue weighted by Gasteiger charge is 2.08. The van der Waals surface area contributed by atoms with Gasteiger partial charge in [0.2, 0.25) is 0 Å². The number of pyridine rings is 1. The third kappa shape index (κ3) is 1.91. The summed E-state index contributed by atoms with van der Waals surface area (Å²) >= 11 is 7.06. The fourth-order valence-corrected chi connectivity index (χ4v) is 2.42. The van der Waals surface area contributed by atoms with Crippen LogP contribution in [-0.4, -0.2) is 14.2 Å². The maximum atomic E-state index is 12.2. The van der Waals surface area contributed by atoms with Crippen molar-refractivity contribution in [1.29, 1.82) is 0 Å². The van der Waals surface area contributed by atoms with Crippen molar-refractivity contribution in [2.45, 2.75) is 6.54 Å². The first-order chi connectivity index (χ1) is 8.75. The Hall–Kier alpha value is -1.72. The van der Waals surface area contributed by atoms with Crippen LogP contribution in [0, 0.1) is 0 Å². The summed E-state index contributed by atoms with van der Waals surface area (Å²) in [7, 11) is 0. The van der Waals surface area contributed by atoms with Gasteiger partial charge in [0.15, 0.2) is 0 Å². The second kappa shape index (κ2) is 4.51. The molecule has 0 radical (unpaired) electrons. The van der Waals surface area contributed by atoms with Crippen molar-refractivity contribution >= 4 is 33.9 Å². The smallest absolute Gasteiger partial charge is 0.258 e. The van der Waals surface area contributed by atoms with Gasteiger partial charge < -0.3 is 4.57 Å². The van der Waals surface area contributed by atoms with Gasteiger partial charge in [-0.25, -0.2) is 0 Å². The van der Waals surface area contributed by atoms with Crippen LogP contribution in [0.15, 0.2) is 41.3 Å². The third-order valence-electron chi connectivity index (χ3n) is 2.72. The van der Waals surface area contributed by atoms with Crippen molar-refractivity contribution in [3.8, 4) is 0 Å². The fourth-order valence-electron chi connectivity index (χ4n) is 1.81. The van der Waals surface area contributed by atoms with E-state index in [0.717, 1.165) is 16.9 Å². The van der Waals surface area contributed by atoms with Gasteiger partial charge in [0.05, 0.1) is 6.54 Å². The molecule has 3 rings (SSSR count). The van der Waals surface area contributed by atoms with E-state index >= 15 is 0 Å². The molecule has 0 aliphatic carbocycles. The van der Waals surface area contributed by atoms with Crippen molar-refractivity contribution in [2.24, 2.45) is 0 Å². The Bertz CT molecular complexity index is 765. The molecule has 0 unspecified atom stereocenters. The highest BCUT2D eigenvalue weighted by Crippen LogP contribution is 2.18. The Morgan fingerprint density at radius 2 is 2.11 bits per heavy atom. The Morgan fingerprint density at radius 1 is 1.28 bits per heavy atom. The van der Waals surface area contributed by atoms with Crippen LogP contribution in [0.1, 0.15) is 5.69 Å². The van der Waals surface area contributed by atoms with Crippen molar-refractivity contribution in [3.05, 3.63) is 56.9 Å². The topological polar surface area (TPSA) is 47.8 Å². The van der Waals surface area contributed by atoms with E-state index < -0.39 is 0 Å². The highest BCUT2D eigenvalue weighted by atomic mass is 35.5. The van der Waals surface area contributed by atoms with Gasteiger partial charge in [0.25, 0.3) is 5.56 Å². The van der Waals surface area contributed by atoms with Gasteiger partial charge in [0, 0.05) is 23.1 Å². The van der Waals surface area contributed by atoms with Crippen molar-refractivity contribution < 1.29 is 0 Å². The summed E-state index contributed by atoms with van der Waals surface area (Å²) < 4.78 is 5.87. The lowest BCUT2D eigenvalue weighted by Gasteiger charge is -2.05. The molecule has 2 aromatic heterocycles. The molecular formula is C12H8ClN3OS. The zero-order valence-corrected chi connectivity index (χ0v) is 10.8. The first-order valence-corrected chi connectivity index (χ1v) is 6.46. The second-order valence-electron chi connectivity index (χ2n) is 3.83. The molecule has 3 aromatic rings. The molecule has 0 amide bonds. The minimum atomic E-state index is -0.0443. The summed E-state index contributed by atoms with van der Waals surface area (Å²) in [6.07, 6.45) is 1.75. The van der Waals surface area contributed by atoms with Crippen LogP contribution in [0.5, 0.6) is 0 Å². The standard InChI is InChI=1S/C12H8ClN3OS/c13-11-10(14-15-18-11)7-16-6-5-8-3-1-2-4-9(8)12(16)17/h1-6H,7H2. The second-order valence-corrected chi connectivity index (χ2v) is 5.19. The average molecular weight is 278 g/mol. The normalized spacial score (nSPS) is 10.9. The van der Waals surface area contributed by atoms with E-state index in [-0.39, 0.29) is 5.56 Å². The first kappa shape index (κ1) is 11.4.